The van der Waals surface area contributed by atoms with Gasteiger partial charge in [0, 0.05) is 51.0 Å². The van der Waals surface area contributed by atoms with E-state index in [2.05, 4.69) is 5.32 Å². The Labute approximate surface area is 214 Å². The predicted molar refractivity (Wildman–Crippen MR) is 135 cm³/mol. The molecule has 7 N–H and O–H groups in total. The molecular formula is C23H33ClF2N6O4. The average molecular weight is 531 g/mol. The van der Waals surface area contributed by atoms with E-state index in [4.69, 9.17) is 21.9 Å². The van der Waals surface area contributed by atoms with E-state index >= 15 is 0 Å². The van der Waals surface area contributed by atoms with E-state index in [1.54, 1.807) is 60.6 Å². The minimum Gasteiger partial charge on any atom is -0.444 e. The molecule has 200 valence electrons. The standard InChI is InChI=1S/C14H20FN3O3.C9H12FN3O.ClH/c1-14(2,3)21-13(20)17-7-10(6-15)8-18-5-4-11(9-18)12(16)19;10-3-7(4-11)5-13-2-1-8(6-13)9(12)14;/h4-6,9H,7-8H2,1-3H3,(H2,16,19)(H,17,20);1-3,6H,4-5,11H2,(H2,12,14);1H/b10-6+;7-3+;. The second kappa shape index (κ2) is 15.4. The van der Waals surface area contributed by atoms with E-state index < -0.39 is 23.5 Å². The molecule has 13 heteroatoms. The molecule has 0 atom stereocenters. The maximum absolute atomic E-state index is 12.8. The zero-order valence-corrected chi connectivity index (χ0v) is 21.2. The van der Waals surface area contributed by atoms with Crippen molar-refractivity contribution in [2.24, 2.45) is 17.2 Å². The Morgan fingerprint density at radius 1 is 0.944 bits per heavy atom. The average Bonchev–Trinajstić information content (AvgIpc) is 3.44. The fraction of sp³-hybridized carbons (Fsp3) is 0.348. The zero-order valence-electron chi connectivity index (χ0n) is 20.4. The van der Waals surface area contributed by atoms with Crippen molar-refractivity contribution in [2.75, 3.05) is 13.1 Å². The Morgan fingerprint density at radius 2 is 1.39 bits per heavy atom. The molecule has 0 bridgehead atoms. The highest BCUT2D eigenvalue weighted by Crippen LogP contribution is 2.08. The van der Waals surface area contributed by atoms with Gasteiger partial charge in [-0.15, -0.1) is 12.4 Å². The third-order valence-corrected chi connectivity index (χ3v) is 4.27. The highest BCUT2D eigenvalue weighted by Gasteiger charge is 2.16. The van der Waals surface area contributed by atoms with Crippen LogP contribution in [0.3, 0.4) is 0 Å². The van der Waals surface area contributed by atoms with Crippen molar-refractivity contribution in [3.63, 3.8) is 0 Å². The van der Waals surface area contributed by atoms with E-state index in [1.807, 2.05) is 0 Å². The molecule has 0 aliphatic carbocycles. The predicted octanol–water partition coefficient (Wildman–Crippen LogP) is 2.79. The monoisotopic (exact) mass is 530 g/mol. The lowest BCUT2D eigenvalue weighted by atomic mass is 10.2. The maximum Gasteiger partial charge on any atom is 0.407 e. The molecule has 2 rings (SSSR count). The van der Waals surface area contributed by atoms with Crippen molar-refractivity contribution >= 4 is 30.3 Å². The molecule has 0 aromatic carbocycles. The number of nitrogens with zero attached hydrogens (tertiary/aromatic N) is 2. The highest BCUT2D eigenvalue weighted by molar-refractivity contribution is 5.93. The van der Waals surface area contributed by atoms with Crippen LogP contribution in [-0.4, -0.2) is 45.7 Å². The summed E-state index contributed by atoms with van der Waals surface area (Å²) in [4.78, 5) is 33.2. The first-order valence-corrected chi connectivity index (χ1v) is 10.5. The third kappa shape index (κ3) is 12.2. The van der Waals surface area contributed by atoms with Crippen LogP contribution in [0.1, 0.15) is 41.5 Å². The van der Waals surface area contributed by atoms with Crippen molar-refractivity contribution in [1.29, 1.82) is 0 Å². The lowest BCUT2D eigenvalue weighted by molar-refractivity contribution is 0.0531. The van der Waals surface area contributed by atoms with Crippen LogP contribution < -0.4 is 22.5 Å². The molecule has 2 heterocycles. The summed E-state index contributed by atoms with van der Waals surface area (Å²) in [5.41, 5.74) is 16.4. The number of primary amides is 2. The van der Waals surface area contributed by atoms with Crippen molar-refractivity contribution in [3.8, 4) is 0 Å². The minimum atomic E-state index is -0.618. The number of halogens is 3. The fourth-order valence-electron chi connectivity index (χ4n) is 2.61. The fourth-order valence-corrected chi connectivity index (χ4v) is 2.61. The van der Waals surface area contributed by atoms with Crippen LogP contribution in [-0.2, 0) is 17.8 Å². The molecule has 0 radical (unpaired) electrons. The van der Waals surface area contributed by atoms with Crippen molar-refractivity contribution in [1.82, 2.24) is 14.5 Å². The quantitative estimate of drug-likeness (QED) is 0.391. The molecule has 10 nitrogen and oxygen atoms in total. The molecule has 36 heavy (non-hydrogen) atoms. The summed E-state index contributed by atoms with van der Waals surface area (Å²) in [5.74, 6) is -1.05. The van der Waals surface area contributed by atoms with Gasteiger partial charge >= 0.3 is 6.09 Å². The summed E-state index contributed by atoms with van der Waals surface area (Å²) < 4.78 is 33.3. The minimum absolute atomic E-state index is 0. The van der Waals surface area contributed by atoms with Crippen LogP contribution in [0.2, 0.25) is 0 Å². The molecule has 0 fully saturated rings. The van der Waals surface area contributed by atoms with Gasteiger partial charge in [0.1, 0.15) is 5.60 Å². The van der Waals surface area contributed by atoms with Gasteiger partial charge in [0.2, 0.25) is 11.8 Å². The number of hydrogen-bond acceptors (Lipinski definition) is 5. The summed E-state index contributed by atoms with van der Waals surface area (Å²) in [6.45, 7) is 5.91. The second-order valence-corrected chi connectivity index (χ2v) is 8.47. The van der Waals surface area contributed by atoms with E-state index in [0.717, 1.165) is 0 Å². The maximum atomic E-state index is 12.8. The number of aromatic nitrogens is 2. The molecule has 0 unspecified atom stereocenters. The van der Waals surface area contributed by atoms with E-state index in [0.29, 0.717) is 41.5 Å². The number of nitrogens with one attached hydrogen (secondary N) is 1. The van der Waals surface area contributed by atoms with Gasteiger partial charge in [-0.2, -0.15) is 0 Å². The van der Waals surface area contributed by atoms with Gasteiger partial charge in [-0.3, -0.25) is 9.59 Å². The number of rotatable bonds is 9. The molecule has 0 aliphatic heterocycles. The summed E-state index contributed by atoms with van der Waals surface area (Å²) in [6, 6.07) is 3.12. The number of amides is 3. The molecule has 0 saturated heterocycles. The topological polar surface area (TPSA) is 160 Å². The Hall–Kier alpha value is -3.64. The first-order valence-electron chi connectivity index (χ1n) is 10.5. The van der Waals surface area contributed by atoms with E-state index in [-0.39, 0.29) is 32.0 Å². The Balaban J connectivity index is 0.000000713. The Bertz CT molecular complexity index is 1070. The first kappa shape index (κ1) is 32.4. The summed E-state index contributed by atoms with van der Waals surface area (Å²) in [6.07, 6.45) is 6.61. The van der Waals surface area contributed by atoms with Crippen LogP contribution in [0.4, 0.5) is 13.6 Å². The summed E-state index contributed by atoms with van der Waals surface area (Å²) in [7, 11) is 0. The van der Waals surface area contributed by atoms with Crippen molar-refractivity contribution in [3.05, 3.63) is 71.9 Å². The molecular weight excluding hydrogens is 498 g/mol. The van der Waals surface area contributed by atoms with Gasteiger partial charge in [-0.25, -0.2) is 13.6 Å². The molecule has 0 saturated carbocycles. The molecule has 2 aromatic rings. The van der Waals surface area contributed by atoms with Crippen molar-refractivity contribution < 1.29 is 27.9 Å². The Morgan fingerprint density at radius 3 is 1.72 bits per heavy atom. The van der Waals surface area contributed by atoms with Gasteiger partial charge < -0.3 is 36.4 Å². The van der Waals surface area contributed by atoms with Gasteiger partial charge in [-0.1, -0.05) is 0 Å². The largest absolute Gasteiger partial charge is 0.444 e. The van der Waals surface area contributed by atoms with E-state index in [9.17, 15) is 23.2 Å². The van der Waals surface area contributed by atoms with Crippen molar-refractivity contribution in [2.45, 2.75) is 39.5 Å². The summed E-state index contributed by atoms with van der Waals surface area (Å²) >= 11 is 0. The van der Waals surface area contributed by atoms with Gasteiger partial charge in [0.05, 0.1) is 23.8 Å². The SMILES string of the molecule is CC(C)(C)OC(=O)NC/C(=C\F)Cn1ccc(C(N)=O)c1.Cl.NC/C(=C\F)Cn1ccc(C(N)=O)c1. The number of alkyl carbamates (subject to hydrolysis) is 1. The number of ether oxygens (including phenoxy) is 1. The number of carbonyl (C=O) groups excluding carboxylic acids is 3. The van der Waals surface area contributed by atoms with Gasteiger partial charge in [-0.05, 0) is 44.1 Å². The smallest absolute Gasteiger partial charge is 0.407 e. The molecule has 0 spiro atoms. The van der Waals surface area contributed by atoms with Crippen LogP contribution in [0.5, 0.6) is 0 Å². The molecule has 0 aliphatic rings. The normalized spacial score (nSPS) is 11.6. The van der Waals surface area contributed by atoms with Crippen LogP contribution >= 0.6 is 12.4 Å². The highest BCUT2D eigenvalue weighted by atomic mass is 35.5. The lowest BCUT2D eigenvalue weighted by Crippen LogP contribution is -2.33. The molecule has 3 amide bonds. The lowest BCUT2D eigenvalue weighted by Gasteiger charge is -2.20. The Kier molecular flexibility index (Phi) is 13.8. The first-order chi connectivity index (χ1) is 16.4. The van der Waals surface area contributed by atoms with Crippen LogP contribution in [0.25, 0.3) is 0 Å². The number of carbonyl (C=O) groups is 3. The molecule has 2 aromatic heterocycles. The van der Waals surface area contributed by atoms with Crippen LogP contribution in [0.15, 0.2) is 60.7 Å². The zero-order chi connectivity index (χ0) is 26.6. The third-order valence-electron chi connectivity index (χ3n) is 4.27. The number of nitrogens with two attached hydrogens (primary N) is 3. The second-order valence-electron chi connectivity index (χ2n) is 8.47. The van der Waals surface area contributed by atoms with Gasteiger partial charge in [0.25, 0.3) is 0 Å². The number of hydrogen-bond donors (Lipinski definition) is 4. The van der Waals surface area contributed by atoms with Gasteiger partial charge in [0.15, 0.2) is 0 Å². The van der Waals surface area contributed by atoms with Crippen LogP contribution in [0, 0.1) is 0 Å². The summed E-state index contributed by atoms with van der Waals surface area (Å²) in [5, 5.41) is 2.47. The van der Waals surface area contributed by atoms with E-state index in [1.165, 1.54) is 6.20 Å².